The van der Waals surface area contributed by atoms with Gasteiger partial charge in [-0.15, -0.1) is 0 Å². The van der Waals surface area contributed by atoms with Crippen molar-refractivity contribution in [1.29, 1.82) is 5.26 Å². The van der Waals surface area contributed by atoms with Crippen LogP contribution in [0.1, 0.15) is 43.4 Å². The van der Waals surface area contributed by atoms with E-state index in [-0.39, 0.29) is 35.4 Å². The predicted molar refractivity (Wildman–Crippen MR) is 106 cm³/mol. The van der Waals surface area contributed by atoms with E-state index in [0.29, 0.717) is 11.4 Å². The molecule has 1 N–H and O–H groups in total. The summed E-state index contributed by atoms with van der Waals surface area (Å²) in [5.41, 5.74) is 1.74. The zero-order chi connectivity index (χ0) is 21.1. The minimum Gasteiger partial charge on any atom is -0.348 e. The van der Waals surface area contributed by atoms with Gasteiger partial charge < -0.3 is 9.88 Å². The highest BCUT2D eigenvalue weighted by atomic mass is 35.5. The van der Waals surface area contributed by atoms with E-state index in [4.69, 9.17) is 11.6 Å². The summed E-state index contributed by atoms with van der Waals surface area (Å²) < 4.78 is 28.8. The van der Waals surface area contributed by atoms with Crippen LogP contribution in [0.5, 0.6) is 0 Å². The molecule has 0 aliphatic carbocycles. The highest BCUT2D eigenvalue weighted by Crippen LogP contribution is 2.29. The number of amides is 1. The predicted octanol–water partition coefficient (Wildman–Crippen LogP) is 4.86. The minimum atomic E-state index is -1.04. The Balaban J connectivity index is 1.74. The molecular weight excluding hydrogens is 398 g/mol. The molecule has 0 bridgehead atoms. The molecule has 1 amide bonds. The van der Waals surface area contributed by atoms with E-state index in [1.54, 1.807) is 19.1 Å². The molecule has 0 spiro atoms. The van der Waals surface area contributed by atoms with Crippen LogP contribution in [0, 0.1) is 23.0 Å². The lowest BCUT2D eigenvalue weighted by Crippen LogP contribution is -2.30. The maximum atomic E-state index is 14.1. The number of nitriles is 1. The van der Waals surface area contributed by atoms with Gasteiger partial charge in [-0.25, -0.2) is 13.8 Å². The van der Waals surface area contributed by atoms with Crippen LogP contribution in [0.15, 0.2) is 36.7 Å². The van der Waals surface area contributed by atoms with Crippen LogP contribution in [-0.2, 0) is 11.3 Å². The topological polar surface area (TPSA) is 70.7 Å². The molecule has 1 heterocycles. The van der Waals surface area contributed by atoms with Gasteiger partial charge in [0.2, 0.25) is 5.91 Å². The molecule has 3 rings (SSSR count). The maximum absolute atomic E-state index is 14.1. The number of imidazole rings is 1. The first-order valence-electron chi connectivity index (χ1n) is 9.12. The summed E-state index contributed by atoms with van der Waals surface area (Å²) in [6.07, 6.45) is 1.95. The molecule has 0 saturated heterocycles. The fraction of sp³-hybridized carbons (Fsp3) is 0.286. The summed E-state index contributed by atoms with van der Waals surface area (Å²) in [6.45, 7) is 3.49. The first-order valence-corrected chi connectivity index (χ1v) is 9.50. The van der Waals surface area contributed by atoms with Crippen molar-refractivity contribution in [3.63, 3.8) is 0 Å². The SMILES string of the molecule is CCC(C#N)c1ccc(C(C)NC(=O)Cn2cnc3ccc(F)c(F)c32)cc1Cl. The number of carbonyl (C=O) groups excluding carboxylic acids is 1. The molecule has 3 aromatic rings. The quantitative estimate of drug-likeness (QED) is 0.623. The van der Waals surface area contributed by atoms with Crippen molar-refractivity contribution in [2.24, 2.45) is 0 Å². The second-order valence-corrected chi connectivity index (χ2v) is 7.17. The number of halogens is 3. The minimum absolute atomic E-state index is 0.0534. The van der Waals surface area contributed by atoms with Gasteiger partial charge in [0.15, 0.2) is 11.6 Å². The third-order valence-electron chi connectivity index (χ3n) is 4.83. The lowest BCUT2D eigenvalue weighted by Gasteiger charge is -2.17. The molecule has 150 valence electrons. The van der Waals surface area contributed by atoms with Crippen molar-refractivity contribution in [3.05, 3.63) is 64.4 Å². The lowest BCUT2D eigenvalue weighted by atomic mass is 9.95. The van der Waals surface area contributed by atoms with Crippen molar-refractivity contribution in [3.8, 4) is 6.07 Å². The average molecular weight is 417 g/mol. The Morgan fingerprint density at radius 2 is 2.10 bits per heavy atom. The second kappa shape index (κ2) is 8.58. The van der Waals surface area contributed by atoms with Crippen LogP contribution >= 0.6 is 11.6 Å². The second-order valence-electron chi connectivity index (χ2n) is 6.76. The Morgan fingerprint density at radius 1 is 1.34 bits per heavy atom. The average Bonchev–Trinajstić information content (AvgIpc) is 3.09. The normalized spacial score (nSPS) is 13.1. The summed E-state index contributed by atoms with van der Waals surface area (Å²) in [5.74, 6) is -2.70. The number of rotatable bonds is 6. The number of benzene rings is 2. The smallest absolute Gasteiger partial charge is 0.240 e. The van der Waals surface area contributed by atoms with Gasteiger partial charge in [-0.05, 0) is 42.7 Å². The Hall–Kier alpha value is -2.98. The largest absolute Gasteiger partial charge is 0.348 e. The summed E-state index contributed by atoms with van der Waals surface area (Å²) >= 11 is 6.32. The van der Waals surface area contributed by atoms with Crippen molar-refractivity contribution in [2.45, 2.75) is 38.8 Å². The number of hydrogen-bond donors (Lipinski definition) is 1. The van der Waals surface area contributed by atoms with Crippen LogP contribution in [-0.4, -0.2) is 15.5 Å². The van der Waals surface area contributed by atoms with Crippen molar-refractivity contribution in [1.82, 2.24) is 14.9 Å². The van der Waals surface area contributed by atoms with Crippen LogP contribution in [0.3, 0.4) is 0 Å². The van der Waals surface area contributed by atoms with Gasteiger partial charge in [-0.2, -0.15) is 5.26 Å². The monoisotopic (exact) mass is 416 g/mol. The van der Waals surface area contributed by atoms with Crippen LogP contribution in [0.2, 0.25) is 5.02 Å². The van der Waals surface area contributed by atoms with Crippen LogP contribution in [0.25, 0.3) is 11.0 Å². The number of nitrogens with zero attached hydrogens (tertiary/aromatic N) is 3. The van der Waals surface area contributed by atoms with E-state index in [2.05, 4.69) is 16.4 Å². The number of carbonyl (C=O) groups is 1. The first kappa shape index (κ1) is 20.7. The fourth-order valence-electron chi connectivity index (χ4n) is 3.22. The molecule has 0 fully saturated rings. The van der Waals surface area contributed by atoms with Crippen LogP contribution in [0.4, 0.5) is 8.78 Å². The standard InChI is InChI=1S/C21H19ClF2N4O/c1-3-13(9-25)15-5-4-14(8-16(15)22)12(2)27-19(29)10-28-11-26-18-7-6-17(23)20(24)21(18)28/h4-8,11-13H,3,10H2,1-2H3,(H,27,29). The molecule has 0 radical (unpaired) electrons. The highest BCUT2D eigenvalue weighted by Gasteiger charge is 2.18. The number of fused-ring (bicyclic) bond motifs is 1. The molecule has 8 heteroatoms. The molecule has 2 aromatic carbocycles. The third-order valence-corrected chi connectivity index (χ3v) is 5.15. The number of hydrogen-bond acceptors (Lipinski definition) is 3. The summed E-state index contributed by atoms with van der Waals surface area (Å²) in [5, 5.41) is 12.5. The van der Waals surface area contributed by atoms with Gasteiger partial charge in [0, 0.05) is 5.02 Å². The Bertz CT molecular complexity index is 1110. The Morgan fingerprint density at radius 3 is 2.76 bits per heavy atom. The van der Waals surface area contributed by atoms with Crippen molar-refractivity contribution in [2.75, 3.05) is 0 Å². The maximum Gasteiger partial charge on any atom is 0.240 e. The van der Waals surface area contributed by atoms with Gasteiger partial charge in [-0.3, -0.25) is 4.79 Å². The Kier molecular flexibility index (Phi) is 6.14. The summed E-state index contributed by atoms with van der Waals surface area (Å²) in [6, 6.07) is 9.54. The molecule has 2 atom stereocenters. The zero-order valence-corrected chi connectivity index (χ0v) is 16.7. The molecular formula is C21H19ClF2N4O. The van der Waals surface area contributed by atoms with Gasteiger partial charge >= 0.3 is 0 Å². The van der Waals surface area contributed by atoms with E-state index in [1.165, 1.54) is 17.0 Å². The molecule has 0 aliphatic rings. The van der Waals surface area contributed by atoms with Gasteiger partial charge in [0.1, 0.15) is 12.1 Å². The molecule has 29 heavy (non-hydrogen) atoms. The molecule has 0 aliphatic heterocycles. The van der Waals surface area contributed by atoms with E-state index >= 15 is 0 Å². The highest BCUT2D eigenvalue weighted by molar-refractivity contribution is 6.31. The molecule has 0 saturated carbocycles. The van der Waals surface area contributed by atoms with Crippen molar-refractivity contribution >= 4 is 28.5 Å². The molecule has 2 unspecified atom stereocenters. The van der Waals surface area contributed by atoms with Crippen LogP contribution < -0.4 is 5.32 Å². The summed E-state index contributed by atoms with van der Waals surface area (Å²) in [4.78, 5) is 16.4. The van der Waals surface area contributed by atoms with E-state index in [1.807, 2.05) is 13.0 Å². The third kappa shape index (κ3) is 4.22. The van der Waals surface area contributed by atoms with E-state index in [9.17, 15) is 18.8 Å². The lowest BCUT2D eigenvalue weighted by molar-refractivity contribution is -0.122. The van der Waals surface area contributed by atoms with Gasteiger partial charge in [0.05, 0.1) is 29.9 Å². The fourth-order valence-corrected chi connectivity index (χ4v) is 3.54. The van der Waals surface area contributed by atoms with Crippen molar-refractivity contribution < 1.29 is 13.6 Å². The van der Waals surface area contributed by atoms with E-state index in [0.717, 1.165) is 17.2 Å². The number of aromatic nitrogens is 2. The van der Waals surface area contributed by atoms with Gasteiger partial charge in [-0.1, -0.05) is 30.7 Å². The van der Waals surface area contributed by atoms with E-state index < -0.39 is 11.6 Å². The molecule has 5 nitrogen and oxygen atoms in total. The number of nitrogens with one attached hydrogen (secondary N) is 1. The Labute approximate surface area is 171 Å². The first-order chi connectivity index (χ1) is 13.8. The van der Waals surface area contributed by atoms with Gasteiger partial charge in [0.25, 0.3) is 0 Å². The summed E-state index contributed by atoms with van der Waals surface area (Å²) in [7, 11) is 0. The zero-order valence-electron chi connectivity index (χ0n) is 15.9. The molecule has 1 aromatic heterocycles.